The third-order valence-corrected chi connectivity index (χ3v) is 1.57. The molecule has 1 unspecified atom stereocenters. The Morgan fingerprint density at radius 3 is 2.91 bits per heavy atom. The van der Waals surface area contributed by atoms with Crippen molar-refractivity contribution in [3.63, 3.8) is 0 Å². The highest BCUT2D eigenvalue weighted by Crippen LogP contribution is 2.14. The lowest BCUT2D eigenvalue weighted by atomic mass is 10.1. The van der Waals surface area contributed by atoms with Crippen molar-refractivity contribution in [3.8, 4) is 0 Å². The maximum absolute atomic E-state index is 4.13. The number of aromatic nitrogens is 2. The molecule has 0 radical (unpaired) electrons. The summed E-state index contributed by atoms with van der Waals surface area (Å²) in [6, 6.07) is 0.144. The van der Waals surface area contributed by atoms with E-state index in [1.54, 1.807) is 6.20 Å². The molecule has 0 saturated carbocycles. The summed E-state index contributed by atoms with van der Waals surface area (Å²) in [5.41, 5.74) is 1.06. The monoisotopic (exact) mass is 151 g/mol. The number of rotatable bonds is 3. The molecule has 1 atom stereocenters. The predicted molar refractivity (Wildman–Crippen MR) is 45.2 cm³/mol. The highest BCUT2D eigenvalue weighted by atomic mass is 15.0. The lowest BCUT2D eigenvalue weighted by Crippen LogP contribution is -2.18. The van der Waals surface area contributed by atoms with Gasteiger partial charge in [0, 0.05) is 12.4 Å². The molecule has 0 bridgehead atoms. The third-order valence-electron chi connectivity index (χ3n) is 1.57. The number of hydrogen-bond acceptors (Lipinski definition) is 2. The normalized spacial score (nSPS) is 12.9. The van der Waals surface area contributed by atoms with Gasteiger partial charge in [-0.15, -0.1) is 0 Å². The zero-order valence-electron chi connectivity index (χ0n) is 6.89. The number of imidazole rings is 1. The van der Waals surface area contributed by atoms with Crippen molar-refractivity contribution in [2.75, 3.05) is 7.05 Å². The molecule has 11 heavy (non-hydrogen) atoms. The van der Waals surface area contributed by atoms with Gasteiger partial charge < -0.3 is 10.3 Å². The number of likely N-dealkylation sites (N-methyl/N-ethyl adjacent to an activating group) is 1. The van der Waals surface area contributed by atoms with Crippen molar-refractivity contribution in [2.45, 2.75) is 13.0 Å². The van der Waals surface area contributed by atoms with Crippen LogP contribution in [0.5, 0.6) is 0 Å². The molecule has 0 spiro atoms. The lowest BCUT2D eigenvalue weighted by molar-refractivity contribution is 0.644. The average molecular weight is 151 g/mol. The fourth-order valence-electron chi connectivity index (χ4n) is 1.05. The van der Waals surface area contributed by atoms with E-state index in [0.29, 0.717) is 0 Å². The van der Waals surface area contributed by atoms with Gasteiger partial charge in [-0.3, -0.25) is 0 Å². The molecule has 0 aliphatic heterocycles. The van der Waals surface area contributed by atoms with Gasteiger partial charge >= 0.3 is 0 Å². The minimum atomic E-state index is 0.144. The molecular weight excluding hydrogens is 138 g/mol. The topological polar surface area (TPSA) is 40.7 Å². The molecule has 0 fully saturated rings. The predicted octanol–water partition coefficient (Wildman–Crippen LogP) is 1.25. The molecule has 0 saturated heterocycles. The fourth-order valence-corrected chi connectivity index (χ4v) is 1.05. The second kappa shape index (κ2) is 3.34. The van der Waals surface area contributed by atoms with Crippen molar-refractivity contribution >= 4 is 0 Å². The van der Waals surface area contributed by atoms with Crippen LogP contribution in [0.25, 0.3) is 0 Å². The molecule has 2 N–H and O–H groups in total. The Labute approximate surface area is 66.5 Å². The van der Waals surface area contributed by atoms with Crippen LogP contribution in [0.4, 0.5) is 0 Å². The van der Waals surface area contributed by atoms with Crippen LogP contribution < -0.4 is 5.32 Å². The first-order valence-corrected chi connectivity index (χ1v) is 3.57. The first kappa shape index (κ1) is 8.01. The molecule has 0 amide bonds. The smallest absolute Gasteiger partial charge is 0.127 e. The molecule has 3 nitrogen and oxygen atoms in total. The average Bonchev–Trinajstić information content (AvgIpc) is 2.40. The number of aromatic amines is 1. The maximum Gasteiger partial charge on any atom is 0.127 e. The van der Waals surface area contributed by atoms with Crippen LogP contribution in [-0.4, -0.2) is 17.0 Å². The van der Waals surface area contributed by atoms with E-state index >= 15 is 0 Å². The number of nitrogens with one attached hydrogen (secondary N) is 2. The van der Waals surface area contributed by atoms with E-state index in [1.165, 1.54) is 0 Å². The summed E-state index contributed by atoms with van der Waals surface area (Å²) in [7, 11) is 1.89. The SMILES string of the molecule is C=C(C)C(NC)c1ncc[nH]1. The van der Waals surface area contributed by atoms with Crippen LogP contribution >= 0.6 is 0 Å². The summed E-state index contributed by atoms with van der Waals surface area (Å²) in [6.45, 7) is 5.84. The van der Waals surface area contributed by atoms with Crippen molar-refractivity contribution in [2.24, 2.45) is 0 Å². The van der Waals surface area contributed by atoms with Gasteiger partial charge in [0.15, 0.2) is 0 Å². The second-order valence-corrected chi connectivity index (χ2v) is 2.54. The Balaban J connectivity index is 2.79. The van der Waals surface area contributed by atoms with Gasteiger partial charge in [-0.1, -0.05) is 12.2 Å². The molecule has 1 aromatic rings. The van der Waals surface area contributed by atoms with E-state index in [9.17, 15) is 0 Å². The van der Waals surface area contributed by atoms with Crippen molar-refractivity contribution in [3.05, 3.63) is 30.4 Å². The van der Waals surface area contributed by atoms with Crippen molar-refractivity contribution in [1.29, 1.82) is 0 Å². The van der Waals surface area contributed by atoms with Crippen molar-refractivity contribution < 1.29 is 0 Å². The molecule has 0 aliphatic carbocycles. The molecule has 1 heterocycles. The van der Waals surface area contributed by atoms with Gasteiger partial charge in [0.1, 0.15) is 5.82 Å². The second-order valence-electron chi connectivity index (χ2n) is 2.54. The highest BCUT2D eigenvalue weighted by Gasteiger charge is 2.10. The first-order chi connectivity index (χ1) is 5.25. The Bertz CT molecular complexity index is 225. The van der Waals surface area contributed by atoms with Crippen LogP contribution in [0.15, 0.2) is 24.5 Å². The zero-order valence-corrected chi connectivity index (χ0v) is 6.89. The summed E-state index contributed by atoms with van der Waals surface area (Å²) < 4.78 is 0. The van der Waals surface area contributed by atoms with Crippen LogP contribution in [0.1, 0.15) is 18.8 Å². The molecular formula is C8H13N3. The molecule has 0 aromatic carbocycles. The fraction of sp³-hybridized carbons (Fsp3) is 0.375. The van der Waals surface area contributed by atoms with Crippen LogP contribution in [0, 0.1) is 0 Å². The minimum absolute atomic E-state index is 0.144. The largest absolute Gasteiger partial charge is 0.347 e. The third kappa shape index (κ3) is 1.68. The minimum Gasteiger partial charge on any atom is -0.347 e. The van der Waals surface area contributed by atoms with Crippen LogP contribution in [0.2, 0.25) is 0 Å². The molecule has 60 valence electrons. The molecule has 1 rings (SSSR count). The van der Waals surface area contributed by atoms with Gasteiger partial charge in [0.05, 0.1) is 6.04 Å². The quantitative estimate of drug-likeness (QED) is 0.638. The number of hydrogen-bond donors (Lipinski definition) is 2. The van der Waals surface area contributed by atoms with Gasteiger partial charge in [-0.25, -0.2) is 4.98 Å². The van der Waals surface area contributed by atoms with Gasteiger partial charge in [0.25, 0.3) is 0 Å². The van der Waals surface area contributed by atoms with E-state index in [2.05, 4.69) is 21.9 Å². The van der Waals surface area contributed by atoms with Crippen LogP contribution in [0.3, 0.4) is 0 Å². The van der Waals surface area contributed by atoms with E-state index in [0.717, 1.165) is 11.4 Å². The molecule has 3 heteroatoms. The Morgan fingerprint density at radius 1 is 1.82 bits per heavy atom. The Morgan fingerprint density at radius 2 is 2.55 bits per heavy atom. The summed E-state index contributed by atoms with van der Waals surface area (Å²) >= 11 is 0. The zero-order chi connectivity index (χ0) is 8.27. The molecule has 0 aliphatic rings. The van der Waals surface area contributed by atoms with Crippen LogP contribution in [-0.2, 0) is 0 Å². The Hall–Kier alpha value is -1.09. The Kier molecular flexibility index (Phi) is 2.44. The van der Waals surface area contributed by atoms with E-state index in [1.807, 2.05) is 20.2 Å². The van der Waals surface area contributed by atoms with Gasteiger partial charge in [-0.05, 0) is 14.0 Å². The standard InChI is InChI=1S/C8H13N3/c1-6(2)7(9-3)8-10-4-5-11-8/h4-5,7,9H,1H2,2-3H3,(H,10,11). The van der Waals surface area contributed by atoms with E-state index < -0.39 is 0 Å². The number of nitrogens with zero attached hydrogens (tertiary/aromatic N) is 1. The van der Waals surface area contributed by atoms with Crippen molar-refractivity contribution in [1.82, 2.24) is 15.3 Å². The van der Waals surface area contributed by atoms with E-state index in [-0.39, 0.29) is 6.04 Å². The summed E-state index contributed by atoms with van der Waals surface area (Å²) in [5, 5.41) is 3.11. The highest BCUT2D eigenvalue weighted by molar-refractivity contribution is 5.11. The summed E-state index contributed by atoms with van der Waals surface area (Å²) in [4.78, 5) is 7.16. The summed E-state index contributed by atoms with van der Waals surface area (Å²) in [5.74, 6) is 0.917. The molecule has 1 aromatic heterocycles. The summed E-state index contributed by atoms with van der Waals surface area (Å²) in [6.07, 6.45) is 3.55. The first-order valence-electron chi connectivity index (χ1n) is 3.57. The van der Waals surface area contributed by atoms with E-state index in [4.69, 9.17) is 0 Å². The maximum atomic E-state index is 4.13. The number of H-pyrrole nitrogens is 1. The lowest BCUT2D eigenvalue weighted by Gasteiger charge is -2.12. The van der Waals surface area contributed by atoms with Gasteiger partial charge in [-0.2, -0.15) is 0 Å². The van der Waals surface area contributed by atoms with Gasteiger partial charge in [0.2, 0.25) is 0 Å².